The number of nitrogens with zero attached hydrogens (tertiary/aromatic N) is 1. The van der Waals surface area contributed by atoms with Gasteiger partial charge in [-0.25, -0.2) is 0 Å². The number of likely N-dealkylation sites (tertiary alicyclic amines) is 1. The molecule has 126 valence electrons. The first kappa shape index (κ1) is 19.0. The van der Waals surface area contributed by atoms with Gasteiger partial charge in [-0.3, -0.25) is 0 Å². The van der Waals surface area contributed by atoms with E-state index in [4.69, 9.17) is 0 Å². The monoisotopic (exact) mass is 297 g/mol. The highest BCUT2D eigenvalue weighted by atomic mass is 16.3. The smallest absolute Gasteiger partial charge is 0.0527 e. The summed E-state index contributed by atoms with van der Waals surface area (Å²) in [6.07, 6.45) is 17.4. The fourth-order valence-electron chi connectivity index (χ4n) is 3.64. The summed E-state index contributed by atoms with van der Waals surface area (Å²) in [6, 6.07) is 0.636. The van der Waals surface area contributed by atoms with E-state index < -0.39 is 0 Å². The molecule has 0 aromatic rings. The van der Waals surface area contributed by atoms with Crippen molar-refractivity contribution in [1.29, 1.82) is 0 Å². The quantitative estimate of drug-likeness (QED) is 0.534. The van der Waals surface area contributed by atoms with Crippen LogP contribution in [0, 0.1) is 0 Å². The van der Waals surface area contributed by atoms with Crippen LogP contribution in [0.25, 0.3) is 0 Å². The van der Waals surface area contributed by atoms with Gasteiger partial charge in [0, 0.05) is 6.04 Å². The topological polar surface area (TPSA) is 23.5 Å². The van der Waals surface area contributed by atoms with Crippen molar-refractivity contribution >= 4 is 0 Å². The van der Waals surface area contributed by atoms with E-state index in [0.29, 0.717) is 6.04 Å². The number of hydrogen-bond donors (Lipinski definition) is 1. The summed E-state index contributed by atoms with van der Waals surface area (Å²) in [5, 5.41) is 9.70. The molecule has 21 heavy (non-hydrogen) atoms. The Balaban J connectivity index is 2.12. The van der Waals surface area contributed by atoms with E-state index in [-0.39, 0.29) is 6.10 Å². The van der Waals surface area contributed by atoms with Gasteiger partial charge < -0.3 is 10.0 Å². The Hall–Kier alpha value is -0.0800. The van der Waals surface area contributed by atoms with Crippen molar-refractivity contribution in [1.82, 2.24) is 4.90 Å². The molecular weight excluding hydrogens is 258 g/mol. The molecule has 2 nitrogen and oxygen atoms in total. The van der Waals surface area contributed by atoms with E-state index in [9.17, 15) is 5.11 Å². The third-order valence-corrected chi connectivity index (χ3v) is 4.91. The molecule has 1 rings (SSSR count). The number of aliphatic hydroxyl groups is 1. The molecule has 2 unspecified atom stereocenters. The van der Waals surface area contributed by atoms with Crippen LogP contribution in [0.3, 0.4) is 0 Å². The second kappa shape index (κ2) is 12.5. The third-order valence-electron chi connectivity index (χ3n) is 4.91. The van der Waals surface area contributed by atoms with Gasteiger partial charge in [-0.2, -0.15) is 0 Å². The fourth-order valence-corrected chi connectivity index (χ4v) is 3.64. The minimum atomic E-state index is -0.144. The maximum atomic E-state index is 9.70. The van der Waals surface area contributed by atoms with Crippen LogP contribution in [0.2, 0.25) is 0 Å². The Morgan fingerprint density at radius 2 is 1.62 bits per heavy atom. The molecule has 1 aliphatic heterocycles. The summed E-state index contributed by atoms with van der Waals surface area (Å²) in [5.41, 5.74) is 0. The van der Waals surface area contributed by atoms with E-state index in [1.807, 2.05) is 6.92 Å². The van der Waals surface area contributed by atoms with Crippen molar-refractivity contribution in [2.45, 2.75) is 109 Å². The van der Waals surface area contributed by atoms with Crippen LogP contribution >= 0.6 is 0 Å². The summed E-state index contributed by atoms with van der Waals surface area (Å²) >= 11 is 0. The molecule has 1 aliphatic rings. The van der Waals surface area contributed by atoms with E-state index in [2.05, 4.69) is 11.8 Å². The molecule has 1 heterocycles. The summed E-state index contributed by atoms with van der Waals surface area (Å²) in [6.45, 7) is 6.74. The first-order chi connectivity index (χ1) is 10.2. The van der Waals surface area contributed by atoms with E-state index in [1.165, 1.54) is 90.1 Å². The van der Waals surface area contributed by atoms with Crippen LogP contribution in [0.1, 0.15) is 97.3 Å². The molecule has 0 amide bonds. The van der Waals surface area contributed by atoms with Crippen LogP contribution in [0.5, 0.6) is 0 Å². The van der Waals surface area contributed by atoms with E-state index in [1.54, 1.807) is 0 Å². The molecular formula is C19H39NO. The van der Waals surface area contributed by atoms with Crippen LogP contribution in [-0.4, -0.2) is 35.2 Å². The van der Waals surface area contributed by atoms with Crippen molar-refractivity contribution in [3.63, 3.8) is 0 Å². The fraction of sp³-hybridized carbons (Fsp3) is 1.00. The maximum Gasteiger partial charge on any atom is 0.0527 e. The first-order valence-electron chi connectivity index (χ1n) is 9.66. The Bertz CT molecular complexity index is 230. The van der Waals surface area contributed by atoms with Gasteiger partial charge in [0.1, 0.15) is 0 Å². The largest absolute Gasteiger partial charge is 0.393 e. The molecule has 1 N–H and O–H groups in total. The minimum Gasteiger partial charge on any atom is -0.393 e. The average Bonchev–Trinajstić information content (AvgIpc) is 2.67. The van der Waals surface area contributed by atoms with Crippen LogP contribution < -0.4 is 0 Å². The van der Waals surface area contributed by atoms with Gasteiger partial charge in [0.15, 0.2) is 0 Å². The second-order valence-corrected chi connectivity index (χ2v) is 7.10. The maximum absolute atomic E-state index is 9.70. The number of rotatable bonds is 11. The zero-order chi connectivity index (χ0) is 15.3. The summed E-state index contributed by atoms with van der Waals surface area (Å²) < 4.78 is 0. The van der Waals surface area contributed by atoms with Crippen molar-refractivity contribution in [2.75, 3.05) is 13.1 Å². The standard InChI is InChI=1S/C19H39NO/c1-3-4-5-6-7-8-9-12-15-20-16-13-10-11-14-19(20)17-18(2)21/h18-19,21H,3-17H2,1-2H3. The zero-order valence-electron chi connectivity index (χ0n) is 14.7. The third kappa shape index (κ3) is 9.52. The van der Waals surface area contributed by atoms with E-state index >= 15 is 0 Å². The lowest BCUT2D eigenvalue weighted by molar-refractivity contribution is 0.111. The molecule has 0 bridgehead atoms. The lowest BCUT2D eigenvalue weighted by Gasteiger charge is -2.30. The summed E-state index contributed by atoms with van der Waals surface area (Å²) in [7, 11) is 0. The van der Waals surface area contributed by atoms with Crippen LogP contribution in [0.4, 0.5) is 0 Å². The predicted octanol–water partition coefficient (Wildman–Crippen LogP) is 5.14. The van der Waals surface area contributed by atoms with Gasteiger partial charge >= 0.3 is 0 Å². The van der Waals surface area contributed by atoms with Crippen LogP contribution in [0.15, 0.2) is 0 Å². The molecule has 1 saturated heterocycles. The van der Waals surface area contributed by atoms with Gasteiger partial charge in [-0.15, -0.1) is 0 Å². The highest BCUT2D eigenvalue weighted by Gasteiger charge is 2.21. The van der Waals surface area contributed by atoms with Gasteiger partial charge in [-0.1, -0.05) is 64.7 Å². The highest BCUT2D eigenvalue weighted by Crippen LogP contribution is 2.21. The molecule has 0 spiro atoms. The van der Waals surface area contributed by atoms with Crippen molar-refractivity contribution in [2.24, 2.45) is 0 Å². The van der Waals surface area contributed by atoms with Gasteiger partial charge in [0.2, 0.25) is 0 Å². The van der Waals surface area contributed by atoms with E-state index in [0.717, 1.165) is 6.42 Å². The van der Waals surface area contributed by atoms with Gasteiger partial charge in [-0.05, 0) is 45.7 Å². The lowest BCUT2D eigenvalue weighted by Crippen LogP contribution is -2.37. The molecule has 2 atom stereocenters. The minimum absolute atomic E-state index is 0.144. The lowest BCUT2D eigenvalue weighted by atomic mass is 10.0. The normalized spacial score (nSPS) is 22.1. The van der Waals surface area contributed by atoms with Gasteiger partial charge in [0.05, 0.1) is 6.10 Å². The Morgan fingerprint density at radius 3 is 2.29 bits per heavy atom. The molecule has 0 aromatic heterocycles. The summed E-state index contributed by atoms with van der Waals surface area (Å²) in [5.74, 6) is 0. The van der Waals surface area contributed by atoms with Crippen LogP contribution in [-0.2, 0) is 0 Å². The zero-order valence-corrected chi connectivity index (χ0v) is 14.7. The predicted molar refractivity (Wildman–Crippen MR) is 92.7 cm³/mol. The Kier molecular flexibility index (Phi) is 11.3. The number of hydrogen-bond acceptors (Lipinski definition) is 2. The first-order valence-corrected chi connectivity index (χ1v) is 9.66. The average molecular weight is 298 g/mol. The Labute approximate surface area is 133 Å². The molecule has 0 saturated carbocycles. The highest BCUT2D eigenvalue weighted by molar-refractivity contribution is 4.77. The second-order valence-electron chi connectivity index (χ2n) is 7.10. The van der Waals surface area contributed by atoms with Gasteiger partial charge in [0.25, 0.3) is 0 Å². The molecule has 1 fully saturated rings. The van der Waals surface area contributed by atoms with Crippen molar-refractivity contribution in [3.8, 4) is 0 Å². The number of unbranched alkanes of at least 4 members (excludes halogenated alkanes) is 7. The molecule has 0 radical (unpaired) electrons. The SMILES string of the molecule is CCCCCCCCCCN1CCCCCC1CC(C)O. The molecule has 2 heteroatoms. The Morgan fingerprint density at radius 1 is 0.952 bits per heavy atom. The number of aliphatic hydroxyl groups excluding tert-OH is 1. The summed E-state index contributed by atoms with van der Waals surface area (Å²) in [4.78, 5) is 2.68. The van der Waals surface area contributed by atoms with Crippen molar-refractivity contribution < 1.29 is 5.11 Å². The molecule has 0 aliphatic carbocycles. The molecule has 0 aromatic carbocycles. The van der Waals surface area contributed by atoms with Crippen molar-refractivity contribution in [3.05, 3.63) is 0 Å².